The number of carbonyl (C=O) groups excluding carboxylic acids is 1. The van der Waals surface area contributed by atoms with Crippen molar-refractivity contribution in [2.24, 2.45) is 0 Å². The van der Waals surface area contributed by atoms with Gasteiger partial charge in [-0.3, -0.25) is 0 Å². The first kappa shape index (κ1) is 14.7. The Morgan fingerprint density at radius 3 is 3.00 bits per heavy atom. The first-order valence-electron chi connectivity index (χ1n) is 6.46. The predicted octanol–water partition coefficient (Wildman–Crippen LogP) is 0.862. The van der Waals surface area contributed by atoms with Gasteiger partial charge in [0.25, 0.3) is 0 Å². The first-order valence-corrected chi connectivity index (χ1v) is 7.34. The van der Waals surface area contributed by atoms with Crippen LogP contribution < -0.4 is 10.6 Å². The maximum absolute atomic E-state index is 11.5. The smallest absolute Gasteiger partial charge is 0.355 e. The van der Waals surface area contributed by atoms with E-state index in [0.29, 0.717) is 24.5 Å². The fourth-order valence-corrected chi connectivity index (χ4v) is 2.65. The van der Waals surface area contributed by atoms with E-state index in [0.717, 1.165) is 19.4 Å². The maximum Gasteiger partial charge on any atom is 0.355 e. The SMILES string of the molecule is O=C(NCCc1nc(C(=O)O)cs1)NCC1CCCO1. The number of carboxylic acids is 1. The van der Waals surface area contributed by atoms with Crippen LogP contribution in [0.4, 0.5) is 4.79 Å². The monoisotopic (exact) mass is 299 g/mol. The van der Waals surface area contributed by atoms with Crippen molar-refractivity contribution >= 4 is 23.3 Å². The molecule has 0 radical (unpaired) electrons. The maximum atomic E-state index is 11.5. The highest BCUT2D eigenvalue weighted by Gasteiger charge is 2.16. The van der Waals surface area contributed by atoms with Crippen LogP contribution in [0.1, 0.15) is 28.3 Å². The van der Waals surface area contributed by atoms with Crippen molar-refractivity contribution < 1.29 is 19.4 Å². The van der Waals surface area contributed by atoms with E-state index in [1.165, 1.54) is 16.7 Å². The first-order chi connectivity index (χ1) is 9.65. The van der Waals surface area contributed by atoms with Crippen molar-refractivity contribution in [3.8, 4) is 0 Å². The molecule has 2 heterocycles. The number of aromatic carboxylic acids is 1. The summed E-state index contributed by atoms with van der Waals surface area (Å²) >= 11 is 1.28. The quantitative estimate of drug-likeness (QED) is 0.723. The fraction of sp³-hybridized carbons (Fsp3) is 0.583. The van der Waals surface area contributed by atoms with Gasteiger partial charge in [-0.15, -0.1) is 11.3 Å². The molecule has 110 valence electrons. The van der Waals surface area contributed by atoms with Crippen LogP contribution in [-0.2, 0) is 11.2 Å². The van der Waals surface area contributed by atoms with Crippen molar-refractivity contribution in [1.29, 1.82) is 0 Å². The molecule has 1 aliphatic rings. The molecule has 1 unspecified atom stereocenters. The summed E-state index contributed by atoms with van der Waals surface area (Å²) in [6.45, 7) is 1.71. The van der Waals surface area contributed by atoms with Gasteiger partial charge in [0.2, 0.25) is 0 Å². The topological polar surface area (TPSA) is 101 Å². The average molecular weight is 299 g/mol. The number of nitrogens with zero attached hydrogens (tertiary/aromatic N) is 1. The van der Waals surface area contributed by atoms with Crippen LogP contribution in [-0.4, -0.2) is 47.9 Å². The average Bonchev–Trinajstić information content (AvgIpc) is 3.07. The Morgan fingerprint density at radius 2 is 2.35 bits per heavy atom. The summed E-state index contributed by atoms with van der Waals surface area (Å²) in [6, 6.07) is -0.240. The van der Waals surface area contributed by atoms with Crippen molar-refractivity contribution in [3.05, 3.63) is 16.1 Å². The van der Waals surface area contributed by atoms with Crippen LogP contribution >= 0.6 is 11.3 Å². The second-order valence-electron chi connectivity index (χ2n) is 4.45. The highest BCUT2D eigenvalue weighted by Crippen LogP contribution is 2.11. The molecule has 0 aromatic carbocycles. The zero-order valence-corrected chi connectivity index (χ0v) is 11.7. The molecule has 8 heteroatoms. The van der Waals surface area contributed by atoms with Crippen molar-refractivity contribution in [3.63, 3.8) is 0 Å². The number of urea groups is 1. The molecule has 1 aliphatic heterocycles. The highest BCUT2D eigenvalue weighted by atomic mass is 32.1. The number of ether oxygens (including phenoxy) is 1. The Balaban J connectivity index is 1.61. The summed E-state index contributed by atoms with van der Waals surface area (Å²) in [5.41, 5.74) is 0.0489. The van der Waals surface area contributed by atoms with Gasteiger partial charge in [-0.2, -0.15) is 0 Å². The van der Waals surface area contributed by atoms with Crippen LogP contribution in [0, 0.1) is 0 Å². The Hall–Kier alpha value is -1.67. The van der Waals surface area contributed by atoms with Crippen LogP contribution in [0.15, 0.2) is 5.38 Å². The standard InChI is InChI=1S/C12H17N3O4S/c16-11(17)9-7-20-10(15-9)3-4-13-12(18)14-6-8-2-1-5-19-8/h7-8H,1-6H2,(H,16,17)(H2,13,14,18). The predicted molar refractivity (Wildman–Crippen MR) is 73.2 cm³/mol. The molecule has 1 saturated heterocycles. The molecule has 1 aromatic heterocycles. The van der Waals surface area contributed by atoms with E-state index in [1.807, 2.05) is 0 Å². The lowest BCUT2D eigenvalue weighted by atomic mass is 10.2. The van der Waals surface area contributed by atoms with Gasteiger partial charge >= 0.3 is 12.0 Å². The minimum atomic E-state index is -1.03. The third-order valence-electron chi connectivity index (χ3n) is 2.91. The van der Waals surface area contributed by atoms with Crippen LogP contribution in [0.3, 0.4) is 0 Å². The second kappa shape index (κ2) is 7.20. The molecule has 7 nitrogen and oxygen atoms in total. The number of aromatic nitrogens is 1. The molecule has 2 amide bonds. The highest BCUT2D eigenvalue weighted by molar-refractivity contribution is 7.09. The van der Waals surface area contributed by atoms with Gasteiger partial charge in [0.15, 0.2) is 5.69 Å². The van der Waals surface area contributed by atoms with Gasteiger partial charge in [0, 0.05) is 31.5 Å². The lowest BCUT2D eigenvalue weighted by molar-refractivity contribution is 0.0691. The number of amides is 2. The van der Waals surface area contributed by atoms with Crippen molar-refractivity contribution in [1.82, 2.24) is 15.6 Å². The van der Waals surface area contributed by atoms with E-state index >= 15 is 0 Å². The molecule has 0 spiro atoms. The molecule has 20 heavy (non-hydrogen) atoms. The van der Waals surface area contributed by atoms with E-state index in [1.54, 1.807) is 0 Å². The number of hydrogen-bond acceptors (Lipinski definition) is 5. The largest absolute Gasteiger partial charge is 0.476 e. The van der Waals surface area contributed by atoms with Crippen LogP contribution in [0.2, 0.25) is 0 Å². The Labute approximate surface area is 120 Å². The molecule has 0 bridgehead atoms. The van der Waals surface area contributed by atoms with Crippen molar-refractivity contribution in [2.45, 2.75) is 25.4 Å². The van der Waals surface area contributed by atoms with E-state index < -0.39 is 5.97 Å². The Bertz CT molecular complexity index is 471. The minimum absolute atomic E-state index is 0.0489. The summed E-state index contributed by atoms with van der Waals surface area (Å²) in [7, 11) is 0. The molecule has 1 aromatic rings. The van der Waals surface area contributed by atoms with Gasteiger partial charge < -0.3 is 20.5 Å². The van der Waals surface area contributed by atoms with Gasteiger partial charge in [0.1, 0.15) is 0 Å². The zero-order chi connectivity index (χ0) is 14.4. The number of thiazole rings is 1. The summed E-state index contributed by atoms with van der Waals surface area (Å²) in [5.74, 6) is -1.03. The molecule has 1 fully saturated rings. The third kappa shape index (κ3) is 4.46. The number of hydrogen-bond donors (Lipinski definition) is 3. The molecule has 1 atom stereocenters. The van der Waals surface area contributed by atoms with E-state index in [9.17, 15) is 9.59 Å². The van der Waals surface area contributed by atoms with Gasteiger partial charge in [0.05, 0.1) is 11.1 Å². The lowest BCUT2D eigenvalue weighted by Gasteiger charge is -2.11. The van der Waals surface area contributed by atoms with Gasteiger partial charge in [-0.1, -0.05) is 0 Å². The number of rotatable bonds is 6. The van der Waals surface area contributed by atoms with E-state index in [2.05, 4.69) is 15.6 Å². The number of carbonyl (C=O) groups is 2. The van der Waals surface area contributed by atoms with Gasteiger partial charge in [-0.05, 0) is 12.8 Å². The minimum Gasteiger partial charge on any atom is -0.476 e. The normalized spacial score (nSPS) is 17.9. The number of carboxylic acid groups (broad SMARTS) is 1. The number of nitrogens with one attached hydrogen (secondary N) is 2. The Morgan fingerprint density at radius 1 is 1.50 bits per heavy atom. The Kier molecular flexibility index (Phi) is 5.31. The fourth-order valence-electron chi connectivity index (χ4n) is 1.88. The summed E-state index contributed by atoms with van der Waals surface area (Å²) in [4.78, 5) is 26.1. The summed E-state index contributed by atoms with van der Waals surface area (Å²) in [6.07, 6.45) is 2.67. The van der Waals surface area contributed by atoms with Crippen molar-refractivity contribution in [2.75, 3.05) is 19.7 Å². The second-order valence-corrected chi connectivity index (χ2v) is 5.40. The van der Waals surface area contributed by atoms with Gasteiger partial charge in [-0.25, -0.2) is 14.6 Å². The zero-order valence-electron chi connectivity index (χ0n) is 10.9. The molecular formula is C12H17N3O4S. The third-order valence-corrected chi connectivity index (χ3v) is 3.82. The molecule has 2 rings (SSSR count). The van der Waals surface area contributed by atoms with E-state index in [4.69, 9.17) is 9.84 Å². The molecular weight excluding hydrogens is 282 g/mol. The lowest BCUT2D eigenvalue weighted by Crippen LogP contribution is -2.40. The summed E-state index contributed by atoms with van der Waals surface area (Å²) in [5, 5.41) is 16.4. The van der Waals surface area contributed by atoms with E-state index in [-0.39, 0.29) is 17.8 Å². The molecule has 0 aliphatic carbocycles. The van der Waals surface area contributed by atoms with Crippen LogP contribution in [0.5, 0.6) is 0 Å². The van der Waals surface area contributed by atoms with Crippen LogP contribution in [0.25, 0.3) is 0 Å². The molecule has 3 N–H and O–H groups in total. The summed E-state index contributed by atoms with van der Waals surface area (Å²) < 4.78 is 5.40. The molecule has 0 saturated carbocycles.